The van der Waals surface area contributed by atoms with Crippen molar-refractivity contribution in [2.45, 2.75) is 13.2 Å². The normalized spacial score (nSPS) is 10.9. The van der Waals surface area contributed by atoms with E-state index in [2.05, 4.69) is 0 Å². The molecule has 0 saturated carbocycles. The Hall–Kier alpha value is -3.03. The van der Waals surface area contributed by atoms with Crippen molar-refractivity contribution in [3.05, 3.63) is 51.7 Å². The summed E-state index contributed by atoms with van der Waals surface area (Å²) in [5.74, 6) is 1.59. The van der Waals surface area contributed by atoms with Crippen LogP contribution in [0, 0.1) is 0 Å². The zero-order chi connectivity index (χ0) is 19.6. The molecule has 0 radical (unpaired) electrons. The van der Waals surface area contributed by atoms with Crippen molar-refractivity contribution in [2.75, 3.05) is 21.3 Å². The van der Waals surface area contributed by atoms with Crippen molar-refractivity contribution in [3.8, 4) is 28.6 Å². The van der Waals surface area contributed by atoms with Crippen LogP contribution in [-0.4, -0.2) is 31.5 Å². The highest BCUT2D eigenvalue weighted by molar-refractivity contribution is 5.87. The average Bonchev–Trinajstić information content (AvgIpc) is 2.71. The molecule has 0 unspecified atom stereocenters. The molecule has 1 heterocycles. The van der Waals surface area contributed by atoms with Crippen molar-refractivity contribution in [1.29, 1.82) is 0 Å². The van der Waals surface area contributed by atoms with Gasteiger partial charge in [0.2, 0.25) is 0 Å². The fourth-order valence-corrected chi connectivity index (χ4v) is 3.05. The highest BCUT2D eigenvalue weighted by Gasteiger charge is 2.19. The van der Waals surface area contributed by atoms with Gasteiger partial charge in [-0.25, -0.2) is 0 Å². The molecule has 3 aromatic rings. The number of aliphatic hydroxyl groups is 2. The van der Waals surface area contributed by atoms with Gasteiger partial charge in [0.1, 0.15) is 22.5 Å². The van der Waals surface area contributed by atoms with Gasteiger partial charge in [0.25, 0.3) is 0 Å². The predicted molar refractivity (Wildman–Crippen MR) is 99.4 cm³/mol. The van der Waals surface area contributed by atoms with Crippen molar-refractivity contribution in [3.63, 3.8) is 0 Å². The molecule has 0 aliphatic rings. The lowest BCUT2D eigenvalue weighted by Gasteiger charge is -2.14. The minimum Gasteiger partial charge on any atom is -0.495 e. The molecular formula is C20H20O7. The van der Waals surface area contributed by atoms with Crippen LogP contribution >= 0.6 is 0 Å². The van der Waals surface area contributed by atoms with Gasteiger partial charge < -0.3 is 28.8 Å². The van der Waals surface area contributed by atoms with E-state index in [1.165, 1.54) is 33.5 Å². The first-order valence-electron chi connectivity index (χ1n) is 8.18. The summed E-state index contributed by atoms with van der Waals surface area (Å²) in [7, 11) is 4.46. The van der Waals surface area contributed by atoms with Gasteiger partial charge in [0.05, 0.1) is 34.5 Å². The van der Waals surface area contributed by atoms with Crippen molar-refractivity contribution in [2.24, 2.45) is 0 Å². The third kappa shape index (κ3) is 3.22. The molecule has 0 atom stereocenters. The minimum atomic E-state index is -0.369. The first-order valence-corrected chi connectivity index (χ1v) is 8.18. The molecule has 3 rings (SSSR count). The maximum absolute atomic E-state index is 12.8. The highest BCUT2D eigenvalue weighted by atomic mass is 16.5. The van der Waals surface area contributed by atoms with Crippen LogP contribution in [0.5, 0.6) is 17.2 Å². The van der Waals surface area contributed by atoms with Gasteiger partial charge in [-0.1, -0.05) is 0 Å². The van der Waals surface area contributed by atoms with Gasteiger partial charge in [-0.15, -0.1) is 0 Å². The zero-order valence-electron chi connectivity index (χ0n) is 15.2. The van der Waals surface area contributed by atoms with Crippen LogP contribution in [0.25, 0.3) is 22.3 Å². The van der Waals surface area contributed by atoms with Gasteiger partial charge in [0, 0.05) is 17.2 Å². The van der Waals surface area contributed by atoms with Crippen LogP contribution in [0.15, 0.2) is 39.5 Å². The van der Waals surface area contributed by atoms with Gasteiger partial charge in [-0.2, -0.15) is 0 Å². The Morgan fingerprint density at radius 2 is 1.67 bits per heavy atom. The third-order valence-electron chi connectivity index (χ3n) is 4.37. The number of aliphatic hydroxyl groups excluding tert-OH is 2. The fourth-order valence-electron chi connectivity index (χ4n) is 3.05. The Labute approximate surface area is 155 Å². The Kier molecular flexibility index (Phi) is 5.34. The Bertz CT molecular complexity index is 1040. The SMILES string of the molecule is COc1ccc(-c2cc(=O)c3c(OC)c(CO)c(CO)cc3o2)cc1OC. The van der Waals surface area contributed by atoms with Crippen LogP contribution in [0.3, 0.4) is 0 Å². The topological polar surface area (TPSA) is 98.4 Å². The molecule has 0 fully saturated rings. The van der Waals surface area contributed by atoms with E-state index in [4.69, 9.17) is 18.6 Å². The largest absolute Gasteiger partial charge is 0.495 e. The van der Waals surface area contributed by atoms with E-state index in [9.17, 15) is 15.0 Å². The molecule has 142 valence electrons. The van der Waals surface area contributed by atoms with Crippen LogP contribution in [0.4, 0.5) is 0 Å². The number of benzene rings is 2. The molecule has 0 aliphatic carbocycles. The third-order valence-corrected chi connectivity index (χ3v) is 4.37. The lowest BCUT2D eigenvalue weighted by Crippen LogP contribution is -2.07. The van der Waals surface area contributed by atoms with Crippen molar-refractivity contribution in [1.82, 2.24) is 0 Å². The molecule has 1 aromatic heterocycles. The number of ether oxygens (including phenoxy) is 3. The molecule has 27 heavy (non-hydrogen) atoms. The second-order valence-electron chi connectivity index (χ2n) is 5.78. The van der Waals surface area contributed by atoms with Gasteiger partial charge in [0.15, 0.2) is 16.9 Å². The number of hydrogen-bond acceptors (Lipinski definition) is 7. The fraction of sp³-hybridized carbons (Fsp3) is 0.250. The van der Waals surface area contributed by atoms with Gasteiger partial charge >= 0.3 is 0 Å². The van der Waals surface area contributed by atoms with E-state index >= 15 is 0 Å². The van der Waals surface area contributed by atoms with Crippen LogP contribution in [0.2, 0.25) is 0 Å². The molecule has 0 bridgehead atoms. The van der Waals surface area contributed by atoms with Crippen molar-refractivity contribution < 1.29 is 28.8 Å². The Morgan fingerprint density at radius 1 is 0.926 bits per heavy atom. The zero-order valence-corrected chi connectivity index (χ0v) is 15.2. The highest BCUT2D eigenvalue weighted by Crippen LogP contribution is 2.35. The predicted octanol–water partition coefficient (Wildman–Crippen LogP) is 2.47. The first kappa shape index (κ1) is 18.8. The summed E-state index contributed by atoms with van der Waals surface area (Å²) in [4.78, 5) is 12.8. The number of hydrogen-bond donors (Lipinski definition) is 2. The molecule has 2 aromatic carbocycles. The monoisotopic (exact) mass is 372 g/mol. The lowest BCUT2D eigenvalue weighted by molar-refractivity contribution is 0.254. The standard InChI is InChI=1S/C20H20O7/c1-24-15-5-4-11(6-17(15)25-2)16-8-14(23)19-18(27-16)7-12(9-21)13(10-22)20(19)26-3/h4-8,21-22H,9-10H2,1-3H3. The maximum atomic E-state index is 12.8. The molecule has 0 amide bonds. The number of rotatable bonds is 6. The van der Waals surface area contributed by atoms with E-state index in [-0.39, 0.29) is 35.4 Å². The second-order valence-corrected chi connectivity index (χ2v) is 5.78. The summed E-state index contributed by atoms with van der Waals surface area (Å²) in [6.45, 7) is -0.696. The Balaban J connectivity index is 2.28. The van der Waals surface area contributed by atoms with Gasteiger partial charge in [-0.05, 0) is 29.8 Å². The maximum Gasteiger partial charge on any atom is 0.197 e. The number of fused-ring (bicyclic) bond motifs is 1. The quantitative estimate of drug-likeness (QED) is 0.686. The molecule has 2 N–H and O–H groups in total. The van der Waals surface area contributed by atoms with Crippen LogP contribution in [0.1, 0.15) is 11.1 Å². The average molecular weight is 372 g/mol. The van der Waals surface area contributed by atoms with Gasteiger partial charge in [-0.3, -0.25) is 4.79 Å². The second kappa shape index (κ2) is 7.69. The van der Waals surface area contributed by atoms with E-state index < -0.39 is 0 Å². The molecule has 0 aliphatic heterocycles. The summed E-state index contributed by atoms with van der Waals surface area (Å²) in [5, 5.41) is 19.4. The van der Waals surface area contributed by atoms with E-state index in [1.807, 2.05) is 0 Å². The van der Waals surface area contributed by atoms with Crippen LogP contribution < -0.4 is 19.6 Å². The molecule has 0 spiro atoms. The summed E-state index contributed by atoms with van der Waals surface area (Å²) in [6, 6.07) is 8.06. The van der Waals surface area contributed by atoms with E-state index in [0.717, 1.165) is 0 Å². The lowest BCUT2D eigenvalue weighted by atomic mass is 10.0. The smallest absolute Gasteiger partial charge is 0.197 e. The first-order chi connectivity index (χ1) is 13.1. The summed E-state index contributed by atoms with van der Waals surface area (Å²) in [6.07, 6.45) is 0. The van der Waals surface area contributed by atoms with Crippen molar-refractivity contribution >= 4 is 11.0 Å². The molecule has 7 nitrogen and oxygen atoms in total. The minimum absolute atomic E-state index is 0.201. The van der Waals surface area contributed by atoms with E-state index in [1.54, 1.807) is 18.2 Å². The Morgan fingerprint density at radius 3 is 2.26 bits per heavy atom. The number of methoxy groups -OCH3 is 3. The summed E-state index contributed by atoms with van der Waals surface area (Å²) >= 11 is 0. The summed E-state index contributed by atoms with van der Waals surface area (Å²) in [5.41, 5.74) is 1.35. The summed E-state index contributed by atoms with van der Waals surface area (Å²) < 4.78 is 21.8. The molecule has 7 heteroatoms. The van der Waals surface area contributed by atoms with Crippen LogP contribution in [-0.2, 0) is 13.2 Å². The van der Waals surface area contributed by atoms with E-state index in [0.29, 0.717) is 33.9 Å². The molecular weight excluding hydrogens is 352 g/mol. The molecule has 0 saturated heterocycles.